The summed E-state index contributed by atoms with van der Waals surface area (Å²) in [5.74, 6) is 0. The lowest BCUT2D eigenvalue weighted by atomic mass is 10.1. The monoisotopic (exact) mass is 226 g/mol. The lowest BCUT2D eigenvalue weighted by Crippen LogP contribution is -2.32. The number of aliphatic hydroxyl groups excluding tert-OH is 1. The van der Waals surface area contributed by atoms with E-state index in [4.69, 9.17) is 5.11 Å². The molecule has 0 aromatic carbocycles. The quantitative estimate of drug-likeness (QED) is 0.614. The Balaban J connectivity index is 1.55. The van der Waals surface area contributed by atoms with Crippen molar-refractivity contribution >= 4 is 0 Å². The summed E-state index contributed by atoms with van der Waals surface area (Å²) >= 11 is 0. The third kappa shape index (κ3) is 4.04. The van der Waals surface area contributed by atoms with E-state index in [0.29, 0.717) is 6.61 Å². The van der Waals surface area contributed by atoms with Crippen molar-refractivity contribution in [1.29, 1.82) is 0 Å². The second-order valence-corrected chi connectivity index (χ2v) is 5.28. The van der Waals surface area contributed by atoms with Crippen molar-refractivity contribution in [2.24, 2.45) is 0 Å². The van der Waals surface area contributed by atoms with E-state index in [1.54, 1.807) is 0 Å². The van der Waals surface area contributed by atoms with Crippen LogP contribution in [0.15, 0.2) is 0 Å². The van der Waals surface area contributed by atoms with E-state index in [9.17, 15) is 0 Å². The highest BCUT2D eigenvalue weighted by Gasteiger charge is 2.24. The van der Waals surface area contributed by atoms with Crippen LogP contribution in [0.1, 0.15) is 44.9 Å². The zero-order valence-electron chi connectivity index (χ0n) is 10.3. The molecule has 3 heteroatoms. The van der Waals surface area contributed by atoms with Crippen molar-refractivity contribution in [3.8, 4) is 0 Å². The molecule has 0 bridgehead atoms. The Morgan fingerprint density at radius 3 is 2.81 bits per heavy atom. The van der Waals surface area contributed by atoms with Crippen molar-refractivity contribution < 1.29 is 5.11 Å². The fourth-order valence-electron chi connectivity index (χ4n) is 2.72. The van der Waals surface area contributed by atoms with Crippen molar-refractivity contribution in [3.05, 3.63) is 0 Å². The van der Waals surface area contributed by atoms with Gasteiger partial charge in [0.15, 0.2) is 0 Å². The Labute approximate surface area is 99.2 Å². The number of hydrogen-bond acceptors (Lipinski definition) is 3. The lowest BCUT2D eigenvalue weighted by molar-refractivity contribution is 0.214. The van der Waals surface area contributed by atoms with Crippen LogP contribution in [0.2, 0.25) is 0 Å². The molecule has 0 aromatic rings. The highest BCUT2D eigenvalue weighted by Crippen LogP contribution is 2.21. The van der Waals surface area contributed by atoms with Gasteiger partial charge in [-0.1, -0.05) is 0 Å². The number of hydrogen-bond donors (Lipinski definition) is 2. The normalized spacial score (nSPS) is 26.4. The molecule has 16 heavy (non-hydrogen) atoms. The van der Waals surface area contributed by atoms with Crippen LogP contribution in [-0.4, -0.2) is 48.3 Å². The SMILES string of the molecule is OCCCC1CCCN1CCCNC1CC1. The predicted molar refractivity (Wildman–Crippen MR) is 66.6 cm³/mol. The average molecular weight is 226 g/mol. The van der Waals surface area contributed by atoms with Crippen LogP contribution >= 0.6 is 0 Å². The maximum atomic E-state index is 8.87. The summed E-state index contributed by atoms with van der Waals surface area (Å²) in [6.45, 7) is 4.07. The minimum atomic E-state index is 0.355. The van der Waals surface area contributed by atoms with Crippen LogP contribution in [0.5, 0.6) is 0 Å². The third-order valence-electron chi connectivity index (χ3n) is 3.83. The lowest BCUT2D eigenvalue weighted by Gasteiger charge is -2.24. The molecule has 0 aromatic heterocycles. The van der Waals surface area contributed by atoms with Gasteiger partial charge in [-0.2, -0.15) is 0 Å². The summed E-state index contributed by atoms with van der Waals surface area (Å²) in [5.41, 5.74) is 0. The Bertz CT molecular complexity index is 194. The van der Waals surface area contributed by atoms with E-state index in [1.807, 2.05) is 0 Å². The topological polar surface area (TPSA) is 35.5 Å². The number of nitrogens with zero attached hydrogens (tertiary/aromatic N) is 1. The van der Waals surface area contributed by atoms with Crippen LogP contribution in [0.4, 0.5) is 0 Å². The van der Waals surface area contributed by atoms with Crippen molar-refractivity contribution in [2.45, 2.75) is 57.0 Å². The smallest absolute Gasteiger partial charge is 0.0431 e. The van der Waals surface area contributed by atoms with E-state index in [0.717, 1.165) is 18.5 Å². The standard InChI is InChI=1S/C13H26N2O/c16-11-2-5-13-4-1-9-15(13)10-3-8-14-12-6-7-12/h12-14,16H,1-11H2. The van der Waals surface area contributed by atoms with Gasteiger partial charge in [-0.3, -0.25) is 0 Å². The molecule has 94 valence electrons. The van der Waals surface area contributed by atoms with Crippen molar-refractivity contribution in [1.82, 2.24) is 10.2 Å². The van der Waals surface area contributed by atoms with Gasteiger partial charge in [0, 0.05) is 18.7 Å². The molecule has 3 nitrogen and oxygen atoms in total. The number of aliphatic hydroxyl groups is 1. The molecule has 1 aliphatic heterocycles. The summed E-state index contributed by atoms with van der Waals surface area (Å²) in [5, 5.41) is 12.4. The molecule has 2 fully saturated rings. The fourth-order valence-corrected chi connectivity index (χ4v) is 2.72. The molecule has 1 saturated carbocycles. The largest absolute Gasteiger partial charge is 0.396 e. The van der Waals surface area contributed by atoms with Crippen LogP contribution in [0.25, 0.3) is 0 Å². The number of rotatable bonds is 8. The van der Waals surface area contributed by atoms with Crippen LogP contribution in [0, 0.1) is 0 Å². The van der Waals surface area contributed by atoms with Crippen LogP contribution < -0.4 is 5.32 Å². The number of nitrogens with one attached hydrogen (secondary N) is 1. The third-order valence-corrected chi connectivity index (χ3v) is 3.83. The molecule has 1 saturated heterocycles. The minimum absolute atomic E-state index is 0.355. The fraction of sp³-hybridized carbons (Fsp3) is 1.00. The summed E-state index contributed by atoms with van der Waals surface area (Å²) in [7, 11) is 0. The van der Waals surface area contributed by atoms with Gasteiger partial charge in [0.05, 0.1) is 0 Å². The summed E-state index contributed by atoms with van der Waals surface area (Å²) < 4.78 is 0. The first-order valence-corrected chi connectivity index (χ1v) is 6.98. The van der Waals surface area contributed by atoms with Gasteiger partial charge in [0.2, 0.25) is 0 Å². The van der Waals surface area contributed by atoms with E-state index in [2.05, 4.69) is 10.2 Å². The maximum absolute atomic E-state index is 8.87. The zero-order chi connectivity index (χ0) is 11.2. The second-order valence-electron chi connectivity index (χ2n) is 5.28. The zero-order valence-corrected chi connectivity index (χ0v) is 10.3. The van der Waals surface area contributed by atoms with Crippen molar-refractivity contribution in [3.63, 3.8) is 0 Å². The molecule has 0 spiro atoms. The Morgan fingerprint density at radius 2 is 2.06 bits per heavy atom. The molecular formula is C13H26N2O. The van der Waals surface area contributed by atoms with Gasteiger partial charge in [0.1, 0.15) is 0 Å². The molecule has 2 aliphatic rings. The highest BCUT2D eigenvalue weighted by atomic mass is 16.2. The predicted octanol–water partition coefficient (Wildman–Crippen LogP) is 1.37. The highest BCUT2D eigenvalue weighted by molar-refractivity contribution is 4.82. The molecule has 0 amide bonds. The first kappa shape index (κ1) is 12.3. The van der Waals surface area contributed by atoms with E-state index in [-0.39, 0.29) is 0 Å². The van der Waals surface area contributed by atoms with Gasteiger partial charge >= 0.3 is 0 Å². The first-order valence-electron chi connectivity index (χ1n) is 6.98. The van der Waals surface area contributed by atoms with Gasteiger partial charge in [-0.25, -0.2) is 0 Å². The van der Waals surface area contributed by atoms with Gasteiger partial charge in [-0.15, -0.1) is 0 Å². The molecule has 0 radical (unpaired) electrons. The van der Waals surface area contributed by atoms with E-state index >= 15 is 0 Å². The first-order chi connectivity index (χ1) is 7.90. The van der Waals surface area contributed by atoms with Gasteiger partial charge in [0.25, 0.3) is 0 Å². The summed E-state index contributed by atoms with van der Waals surface area (Å²) in [6.07, 6.45) is 8.92. The second kappa shape index (κ2) is 6.58. The molecule has 2 rings (SSSR count). The molecular weight excluding hydrogens is 200 g/mol. The molecule has 1 unspecified atom stereocenters. The average Bonchev–Trinajstić information content (AvgIpc) is 3.01. The van der Waals surface area contributed by atoms with Crippen LogP contribution in [0.3, 0.4) is 0 Å². The maximum Gasteiger partial charge on any atom is 0.0431 e. The number of likely N-dealkylation sites (tertiary alicyclic amines) is 1. The Morgan fingerprint density at radius 1 is 1.19 bits per heavy atom. The molecule has 1 aliphatic carbocycles. The molecule has 2 N–H and O–H groups in total. The van der Waals surface area contributed by atoms with Crippen molar-refractivity contribution in [2.75, 3.05) is 26.2 Å². The van der Waals surface area contributed by atoms with Crippen LogP contribution in [-0.2, 0) is 0 Å². The minimum Gasteiger partial charge on any atom is -0.396 e. The van der Waals surface area contributed by atoms with Gasteiger partial charge in [-0.05, 0) is 64.6 Å². The summed E-state index contributed by atoms with van der Waals surface area (Å²) in [6, 6.07) is 1.61. The van der Waals surface area contributed by atoms with Gasteiger partial charge < -0.3 is 15.3 Å². The van der Waals surface area contributed by atoms with E-state index in [1.165, 1.54) is 58.2 Å². The molecule has 1 atom stereocenters. The Kier molecular flexibility index (Phi) is 5.07. The Hall–Kier alpha value is -0.120. The van der Waals surface area contributed by atoms with E-state index < -0.39 is 0 Å². The molecule has 1 heterocycles. The summed E-state index contributed by atoms with van der Waals surface area (Å²) in [4.78, 5) is 2.63.